The van der Waals surface area contributed by atoms with Crippen molar-refractivity contribution < 1.29 is 23.8 Å². The van der Waals surface area contributed by atoms with E-state index in [-0.39, 0.29) is 17.5 Å². The van der Waals surface area contributed by atoms with Gasteiger partial charge in [-0.25, -0.2) is 0 Å². The van der Waals surface area contributed by atoms with Crippen LogP contribution < -0.4 is 0 Å². The number of carbonyl (C=O) groups is 2. The van der Waals surface area contributed by atoms with Crippen LogP contribution in [0, 0.1) is 29.6 Å². The van der Waals surface area contributed by atoms with Crippen LogP contribution in [0.5, 0.6) is 0 Å². The van der Waals surface area contributed by atoms with E-state index in [9.17, 15) is 9.59 Å². The summed E-state index contributed by atoms with van der Waals surface area (Å²) < 4.78 is 17.0. The Labute approximate surface area is 156 Å². The molecule has 1 heterocycles. The highest BCUT2D eigenvalue weighted by Crippen LogP contribution is 2.57. The van der Waals surface area contributed by atoms with Crippen molar-refractivity contribution in [2.75, 3.05) is 6.61 Å². The maximum Gasteiger partial charge on any atom is 0.311 e. The molecule has 5 rings (SSSR count). The molecule has 0 radical (unpaired) electrons. The minimum Gasteiger partial charge on any atom is -0.459 e. The Balaban J connectivity index is 1.33. The second-order valence-electron chi connectivity index (χ2n) is 9.33. The van der Waals surface area contributed by atoms with Crippen LogP contribution in [0.15, 0.2) is 0 Å². The summed E-state index contributed by atoms with van der Waals surface area (Å²) in [7, 11) is 0. The van der Waals surface area contributed by atoms with Gasteiger partial charge in [-0.05, 0) is 69.1 Å². The van der Waals surface area contributed by atoms with E-state index in [4.69, 9.17) is 14.2 Å². The molecule has 146 valence electrons. The Morgan fingerprint density at radius 3 is 2.04 bits per heavy atom. The minimum absolute atomic E-state index is 0.235. The zero-order valence-corrected chi connectivity index (χ0v) is 16.1. The molecule has 0 amide bonds. The molecule has 5 heteroatoms. The number of rotatable bonds is 5. The molecule has 1 aliphatic heterocycles. The average molecular weight is 364 g/mol. The van der Waals surface area contributed by atoms with Crippen LogP contribution in [-0.4, -0.2) is 30.4 Å². The molecule has 4 saturated carbocycles. The van der Waals surface area contributed by atoms with E-state index < -0.39 is 18.1 Å². The van der Waals surface area contributed by atoms with Gasteiger partial charge in [0.25, 0.3) is 0 Å². The number of hydrogen-bond donors (Lipinski definition) is 0. The lowest BCUT2D eigenvalue weighted by Crippen LogP contribution is -2.53. The fourth-order valence-corrected chi connectivity index (χ4v) is 5.91. The third kappa shape index (κ3) is 3.64. The molecule has 5 aliphatic rings. The Bertz CT molecular complexity index is 515. The fourth-order valence-electron chi connectivity index (χ4n) is 5.91. The molecule has 0 spiro atoms. The smallest absolute Gasteiger partial charge is 0.311 e. The summed E-state index contributed by atoms with van der Waals surface area (Å²) >= 11 is 0. The first-order chi connectivity index (χ1) is 12.4. The second-order valence-corrected chi connectivity index (χ2v) is 9.33. The van der Waals surface area contributed by atoms with Crippen molar-refractivity contribution in [3.8, 4) is 0 Å². The van der Waals surface area contributed by atoms with E-state index in [0.29, 0.717) is 6.61 Å². The van der Waals surface area contributed by atoms with E-state index in [2.05, 4.69) is 0 Å². The third-order valence-electron chi connectivity index (χ3n) is 7.18. The number of carbonyl (C=O) groups excluding carboxylic acids is 2. The van der Waals surface area contributed by atoms with Gasteiger partial charge in [0, 0.05) is 6.42 Å². The van der Waals surface area contributed by atoms with Crippen molar-refractivity contribution in [3.63, 3.8) is 0 Å². The quantitative estimate of drug-likeness (QED) is 0.694. The molecule has 0 aromatic carbocycles. The summed E-state index contributed by atoms with van der Waals surface area (Å²) in [5.74, 6) is 0.606. The molecular weight excluding hydrogens is 332 g/mol. The lowest BCUT2D eigenvalue weighted by Gasteiger charge is -2.55. The van der Waals surface area contributed by atoms with Gasteiger partial charge in [-0.3, -0.25) is 9.59 Å². The molecule has 4 bridgehead atoms. The first-order valence-electron chi connectivity index (χ1n) is 10.5. The average Bonchev–Trinajstić information content (AvgIpc) is 2.59. The van der Waals surface area contributed by atoms with E-state index in [1.165, 1.54) is 19.3 Å². The van der Waals surface area contributed by atoms with Crippen molar-refractivity contribution in [3.05, 3.63) is 0 Å². The van der Waals surface area contributed by atoms with Gasteiger partial charge in [-0.1, -0.05) is 13.8 Å². The monoisotopic (exact) mass is 364 g/mol. The van der Waals surface area contributed by atoms with Gasteiger partial charge < -0.3 is 14.2 Å². The summed E-state index contributed by atoms with van der Waals surface area (Å²) in [4.78, 5) is 25.2. The van der Waals surface area contributed by atoms with Gasteiger partial charge in [-0.2, -0.15) is 0 Å². The molecule has 5 fully saturated rings. The zero-order chi connectivity index (χ0) is 18.3. The second kappa shape index (κ2) is 7.14. The van der Waals surface area contributed by atoms with Gasteiger partial charge in [0.15, 0.2) is 0 Å². The first-order valence-corrected chi connectivity index (χ1v) is 10.5. The molecule has 5 nitrogen and oxygen atoms in total. The van der Waals surface area contributed by atoms with Crippen LogP contribution in [-0.2, 0) is 23.8 Å². The summed E-state index contributed by atoms with van der Waals surface area (Å²) in [6.45, 7) is 4.18. The van der Waals surface area contributed by atoms with Gasteiger partial charge in [0.1, 0.15) is 5.60 Å². The highest BCUT2D eigenvalue weighted by atomic mass is 16.7. The Morgan fingerprint density at radius 1 is 0.923 bits per heavy atom. The summed E-state index contributed by atoms with van der Waals surface area (Å²) in [5, 5.41) is 0. The largest absolute Gasteiger partial charge is 0.459 e. The maximum atomic E-state index is 12.8. The van der Waals surface area contributed by atoms with Crippen LogP contribution in [0.2, 0.25) is 0 Å². The van der Waals surface area contributed by atoms with Gasteiger partial charge in [-0.15, -0.1) is 0 Å². The molecule has 26 heavy (non-hydrogen) atoms. The molecule has 0 aromatic rings. The van der Waals surface area contributed by atoms with Crippen molar-refractivity contribution in [1.82, 2.24) is 0 Å². The molecule has 3 unspecified atom stereocenters. The normalized spacial score (nSPS) is 40.7. The van der Waals surface area contributed by atoms with Gasteiger partial charge in [0.05, 0.1) is 18.4 Å². The van der Waals surface area contributed by atoms with Crippen molar-refractivity contribution >= 4 is 11.9 Å². The highest BCUT2D eigenvalue weighted by Gasteiger charge is 2.53. The third-order valence-corrected chi connectivity index (χ3v) is 7.18. The van der Waals surface area contributed by atoms with E-state index in [1.807, 2.05) is 0 Å². The maximum absolute atomic E-state index is 12.8. The molecule has 4 aliphatic carbocycles. The molecule has 3 atom stereocenters. The van der Waals surface area contributed by atoms with Gasteiger partial charge in [0.2, 0.25) is 6.29 Å². The summed E-state index contributed by atoms with van der Waals surface area (Å²) in [6, 6.07) is 0. The number of hydrogen-bond acceptors (Lipinski definition) is 5. The van der Waals surface area contributed by atoms with Crippen LogP contribution in [0.3, 0.4) is 0 Å². The lowest BCUT2D eigenvalue weighted by molar-refractivity contribution is -0.201. The fraction of sp³-hybridized carbons (Fsp3) is 0.905. The Morgan fingerprint density at radius 2 is 1.50 bits per heavy atom. The molecule has 0 N–H and O–H groups in total. The molecule has 1 saturated heterocycles. The predicted octanol–water partition coefficient (Wildman–Crippen LogP) is 3.84. The minimum atomic E-state index is -0.512. The van der Waals surface area contributed by atoms with Crippen molar-refractivity contribution in [2.24, 2.45) is 29.6 Å². The van der Waals surface area contributed by atoms with Crippen molar-refractivity contribution in [1.29, 1.82) is 0 Å². The van der Waals surface area contributed by atoms with Crippen LogP contribution in [0.1, 0.15) is 71.6 Å². The summed E-state index contributed by atoms with van der Waals surface area (Å²) in [6.07, 6.45) is 9.32. The SMILES string of the molecule is CC(C(=O)OC1CCCCO1)C(C)C(=O)OC12CC3CC(CC(C3)C1)C2. The van der Waals surface area contributed by atoms with Crippen LogP contribution in [0.4, 0.5) is 0 Å². The first kappa shape index (κ1) is 18.3. The predicted molar refractivity (Wildman–Crippen MR) is 95.0 cm³/mol. The molecular formula is C21H32O5. The van der Waals surface area contributed by atoms with E-state index in [0.717, 1.165) is 56.3 Å². The Kier molecular flexibility index (Phi) is 5.02. The zero-order valence-electron chi connectivity index (χ0n) is 16.1. The van der Waals surface area contributed by atoms with Crippen molar-refractivity contribution in [2.45, 2.75) is 83.5 Å². The van der Waals surface area contributed by atoms with E-state index in [1.54, 1.807) is 13.8 Å². The summed E-state index contributed by atoms with van der Waals surface area (Å²) in [5.41, 5.74) is -0.254. The van der Waals surface area contributed by atoms with E-state index >= 15 is 0 Å². The Hall–Kier alpha value is -1.10. The highest BCUT2D eigenvalue weighted by molar-refractivity contribution is 5.81. The lowest BCUT2D eigenvalue weighted by atomic mass is 9.54. The number of ether oxygens (including phenoxy) is 3. The molecule has 0 aromatic heterocycles. The van der Waals surface area contributed by atoms with Gasteiger partial charge >= 0.3 is 11.9 Å². The van der Waals surface area contributed by atoms with Crippen LogP contribution >= 0.6 is 0 Å². The van der Waals surface area contributed by atoms with Crippen LogP contribution in [0.25, 0.3) is 0 Å². The number of esters is 2. The topological polar surface area (TPSA) is 61.8 Å². The standard InChI is InChI=1S/C21H32O5/c1-13(19(22)25-18-5-3-4-6-24-18)14(2)20(23)26-21-10-15-7-16(11-21)9-17(8-15)12-21/h13-18H,3-12H2,1-2H3.